The zero-order valence-corrected chi connectivity index (χ0v) is 16.8. The Labute approximate surface area is 174 Å². The van der Waals surface area contributed by atoms with E-state index in [4.69, 9.17) is 20.8 Å². The van der Waals surface area contributed by atoms with Crippen LogP contribution < -0.4 is 15.6 Å². The number of hydrazine groups is 1. The van der Waals surface area contributed by atoms with Crippen molar-refractivity contribution in [2.45, 2.75) is 6.61 Å². The van der Waals surface area contributed by atoms with Gasteiger partial charge in [-0.3, -0.25) is 20.4 Å². The molecule has 0 unspecified atom stereocenters. The van der Waals surface area contributed by atoms with Crippen LogP contribution in [0.5, 0.6) is 5.75 Å². The van der Waals surface area contributed by atoms with Crippen LogP contribution in [0.2, 0.25) is 5.02 Å². The van der Waals surface area contributed by atoms with Gasteiger partial charge >= 0.3 is 5.91 Å². The molecular formula is C19H14ClIN2O4. The predicted molar refractivity (Wildman–Crippen MR) is 109 cm³/mol. The average Bonchev–Trinajstić information content (AvgIpc) is 3.16. The third-order valence-electron chi connectivity index (χ3n) is 3.47. The van der Waals surface area contributed by atoms with E-state index in [-0.39, 0.29) is 12.4 Å². The SMILES string of the molecule is O=C(NNC(=O)c1cc(Cl)ccc1I)c1ccc(COc2ccccc2)o1. The van der Waals surface area contributed by atoms with Crippen LogP contribution in [-0.4, -0.2) is 11.8 Å². The summed E-state index contributed by atoms with van der Waals surface area (Å²) in [5, 5.41) is 0.431. The van der Waals surface area contributed by atoms with Crippen molar-refractivity contribution < 1.29 is 18.7 Å². The first-order valence-corrected chi connectivity index (χ1v) is 9.31. The molecule has 3 rings (SSSR count). The number of nitrogens with one attached hydrogen (secondary N) is 2. The zero-order valence-electron chi connectivity index (χ0n) is 13.9. The van der Waals surface area contributed by atoms with Gasteiger partial charge in [0.05, 0.1) is 5.56 Å². The maximum atomic E-state index is 12.2. The summed E-state index contributed by atoms with van der Waals surface area (Å²) >= 11 is 7.91. The van der Waals surface area contributed by atoms with Crippen LogP contribution in [0, 0.1) is 3.57 Å². The van der Waals surface area contributed by atoms with Crippen LogP contribution >= 0.6 is 34.2 Å². The number of carbonyl (C=O) groups excluding carboxylic acids is 2. The first-order valence-electron chi connectivity index (χ1n) is 7.85. The first-order chi connectivity index (χ1) is 13.0. The van der Waals surface area contributed by atoms with E-state index in [1.54, 1.807) is 18.2 Å². The average molecular weight is 497 g/mol. The second kappa shape index (κ2) is 8.92. The van der Waals surface area contributed by atoms with Gasteiger partial charge in [0, 0.05) is 8.59 Å². The molecule has 27 heavy (non-hydrogen) atoms. The zero-order chi connectivity index (χ0) is 19.2. The number of benzene rings is 2. The molecule has 0 aliphatic carbocycles. The number of furan rings is 1. The number of carbonyl (C=O) groups is 2. The highest BCUT2D eigenvalue weighted by Gasteiger charge is 2.15. The molecule has 3 aromatic rings. The largest absolute Gasteiger partial charge is 0.486 e. The molecule has 0 fully saturated rings. The summed E-state index contributed by atoms with van der Waals surface area (Å²) in [5.41, 5.74) is 5.01. The molecule has 2 N–H and O–H groups in total. The third kappa shape index (κ3) is 5.24. The van der Waals surface area contributed by atoms with E-state index in [9.17, 15) is 9.59 Å². The van der Waals surface area contributed by atoms with Crippen molar-refractivity contribution in [3.8, 4) is 5.75 Å². The summed E-state index contributed by atoms with van der Waals surface area (Å²) < 4.78 is 11.7. The summed E-state index contributed by atoms with van der Waals surface area (Å²) in [6.45, 7) is 0.185. The number of halogens is 2. The lowest BCUT2D eigenvalue weighted by Crippen LogP contribution is -2.41. The molecule has 1 aromatic heterocycles. The molecule has 0 saturated heterocycles. The van der Waals surface area contributed by atoms with Crippen molar-refractivity contribution in [1.29, 1.82) is 0 Å². The standard InChI is InChI=1S/C19H14ClIN2O4/c20-12-6-8-16(21)15(10-12)18(24)22-23-19(25)17-9-7-14(27-17)11-26-13-4-2-1-3-5-13/h1-10H,11H2,(H,22,24)(H,23,25). The summed E-state index contributed by atoms with van der Waals surface area (Å²) in [5.74, 6) is 0.187. The molecule has 0 atom stereocenters. The van der Waals surface area contributed by atoms with Crippen LogP contribution in [0.4, 0.5) is 0 Å². The van der Waals surface area contributed by atoms with Gasteiger partial charge < -0.3 is 9.15 Å². The number of para-hydroxylation sites is 1. The lowest BCUT2D eigenvalue weighted by Gasteiger charge is -2.08. The normalized spacial score (nSPS) is 10.3. The van der Waals surface area contributed by atoms with E-state index in [2.05, 4.69) is 10.9 Å². The summed E-state index contributed by atoms with van der Waals surface area (Å²) in [6, 6.07) is 17.3. The van der Waals surface area contributed by atoms with E-state index < -0.39 is 11.8 Å². The Balaban J connectivity index is 1.55. The van der Waals surface area contributed by atoms with Gasteiger partial charge in [-0.2, -0.15) is 0 Å². The van der Waals surface area contributed by atoms with Crippen molar-refractivity contribution >= 4 is 46.0 Å². The highest BCUT2D eigenvalue weighted by Crippen LogP contribution is 2.18. The van der Waals surface area contributed by atoms with Crippen molar-refractivity contribution in [2.75, 3.05) is 0 Å². The summed E-state index contributed by atoms with van der Waals surface area (Å²) in [6.07, 6.45) is 0. The van der Waals surface area contributed by atoms with Crippen molar-refractivity contribution in [1.82, 2.24) is 10.9 Å². The second-order valence-corrected chi connectivity index (χ2v) is 7.00. The maximum Gasteiger partial charge on any atom is 0.305 e. The van der Waals surface area contributed by atoms with Gasteiger partial charge in [-0.25, -0.2) is 0 Å². The smallest absolute Gasteiger partial charge is 0.305 e. The molecule has 0 radical (unpaired) electrons. The molecule has 2 amide bonds. The monoisotopic (exact) mass is 496 g/mol. The van der Waals surface area contributed by atoms with Crippen LogP contribution in [0.25, 0.3) is 0 Å². The van der Waals surface area contributed by atoms with Crippen LogP contribution in [0.1, 0.15) is 26.7 Å². The molecule has 6 nitrogen and oxygen atoms in total. The summed E-state index contributed by atoms with van der Waals surface area (Å²) in [4.78, 5) is 24.3. The fraction of sp³-hybridized carbons (Fsp3) is 0.0526. The number of ether oxygens (including phenoxy) is 1. The fourth-order valence-corrected chi connectivity index (χ4v) is 2.92. The van der Waals surface area contributed by atoms with Gasteiger partial charge in [0.2, 0.25) is 0 Å². The van der Waals surface area contributed by atoms with E-state index in [1.807, 2.05) is 52.9 Å². The third-order valence-corrected chi connectivity index (χ3v) is 4.65. The molecule has 2 aromatic carbocycles. The molecule has 8 heteroatoms. The number of amides is 2. The topological polar surface area (TPSA) is 80.6 Å². The van der Waals surface area contributed by atoms with E-state index in [0.29, 0.717) is 25.7 Å². The van der Waals surface area contributed by atoms with Gasteiger partial charge in [-0.15, -0.1) is 0 Å². The minimum atomic E-state index is -0.577. The number of rotatable bonds is 5. The van der Waals surface area contributed by atoms with Crippen molar-refractivity contribution in [3.63, 3.8) is 0 Å². The van der Waals surface area contributed by atoms with E-state index in [0.717, 1.165) is 0 Å². The highest BCUT2D eigenvalue weighted by atomic mass is 127. The maximum absolute atomic E-state index is 12.2. The molecule has 1 heterocycles. The minimum Gasteiger partial charge on any atom is -0.486 e. The number of hydrogen-bond acceptors (Lipinski definition) is 4. The molecule has 138 valence electrons. The molecule has 0 bridgehead atoms. The van der Waals surface area contributed by atoms with Gasteiger partial charge in [0.1, 0.15) is 18.1 Å². The molecule has 0 saturated carbocycles. The molecular weight excluding hydrogens is 483 g/mol. The van der Waals surface area contributed by atoms with Crippen LogP contribution in [-0.2, 0) is 6.61 Å². The molecule has 0 aliphatic heterocycles. The van der Waals surface area contributed by atoms with Gasteiger partial charge in [0.15, 0.2) is 5.76 Å². The fourth-order valence-electron chi connectivity index (χ4n) is 2.16. The number of hydrogen-bond donors (Lipinski definition) is 2. The van der Waals surface area contributed by atoms with Gasteiger partial charge in [0.25, 0.3) is 5.91 Å². The van der Waals surface area contributed by atoms with Gasteiger partial charge in [-0.1, -0.05) is 29.8 Å². The summed E-state index contributed by atoms with van der Waals surface area (Å²) in [7, 11) is 0. The van der Waals surface area contributed by atoms with Crippen molar-refractivity contribution in [3.05, 3.63) is 86.3 Å². The van der Waals surface area contributed by atoms with Gasteiger partial charge in [-0.05, 0) is 65.1 Å². The minimum absolute atomic E-state index is 0.0581. The van der Waals surface area contributed by atoms with E-state index >= 15 is 0 Å². The van der Waals surface area contributed by atoms with Crippen LogP contribution in [0.3, 0.4) is 0 Å². The lowest BCUT2D eigenvalue weighted by atomic mass is 10.2. The molecule has 0 aliphatic rings. The molecule has 0 spiro atoms. The van der Waals surface area contributed by atoms with Crippen LogP contribution in [0.15, 0.2) is 65.1 Å². The Morgan fingerprint density at radius 1 is 1.00 bits per heavy atom. The lowest BCUT2D eigenvalue weighted by molar-refractivity contribution is 0.0828. The first kappa shape index (κ1) is 19.2. The Kier molecular flexibility index (Phi) is 6.36. The van der Waals surface area contributed by atoms with Crippen molar-refractivity contribution in [2.24, 2.45) is 0 Å². The quantitative estimate of drug-likeness (QED) is 0.410. The Morgan fingerprint density at radius 2 is 1.74 bits per heavy atom. The Hall–Kier alpha value is -2.52. The Morgan fingerprint density at radius 3 is 2.52 bits per heavy atom. The second-order valence-electron chi connectivity index (χ2n) is 5.40. The van der Waals surface area contributed by atoms with E-state index in [1.165, 1.54) is 12.1 Å². The Bertz CT molecular complexity index is 959. The highest BCUT2D eigenvalue weighted by molar-refractivity contribution is 14.1. The predicted octanol–water partition coefficient (Wildman–Crippen LogP) is 4.19.